The number of likely N-dealkylation sites (tertiary alicyclic amines) is 1. The number of anilines is 1. The average Bonchev–Trinajstić information content (AvgIpc) is 3.43. The number of carbonyl (C=O) groups is 2. The Labute approximate surface area is 210 Å². The van der Waals surface area contributed by atoms with E-state index in [0.29, 0.717) is 36.0 Å². The molecule has 2 aliphatic heterocycles. The summed E-state index contributed by atoms with van der Waals surface area (Å²) in [5.74, 6) is 1.63. The number of hydrogen-bond donors (Lipinski definition) is 1. The Morgan fingerprint density at radius 2 is 1.86 bits per heavy atom. The largest absolute Gasteiger partial charge is 0.490 e. The van der Waals surface area contributed by atoms with Gasteiger partial charge in [0.1, 0.15) is 11.9 Å². The number of amides is 2. The van der Waals surface area contributed by atoms with Gasteiger partial charge in [0.25, 0.3) is 11.8 Å². The van der Waals surface area contributed by atoms with Gasteiger partial charge in [0, 0.05) is 18.8 Å². The first kappa shape index (κ1) is 23.8. The number of nitrogens with one attached hydrogen (secondary N) is 1. The molecule has 5 rings (SSSR count). The summed E-state index contributed by atoms with van der Waals surface area (Å²) in [5.41, 5.74) is 2.22. The van der Waals surface area contributed by atoms with Crippen LogP contribution < -0.4 is 14.8 Å². The van der Waals surface area contributed by atoms with E-state index in [1.807, 2.05) is 66.4 Å². The molecule has 0 unspecified atom stereocenters. The van der Waals surface area contributed by atoms with Crippen molar-refractivity contribution in [3.8, 4) is 11.5 Å². The summed E-state index contributed by atoms with van der Waals surface area (Å²) in [5, 5.41) is 3.49. The summed E-state index contributed by atoms with van der Waals surface area (Å²) in [7, 11) is 0. The number of carbonyl (C=O) groups excluding carboxylic acids is 2. The van der Waals surface area contributed by atoms with Crippen molar-refractivity contribution in [2.75, 3.05) is 31.6 Å². The van der Waals surface area contributed by atoms with Gasteiger partial charge in [-0.2, -0.15) is 0 Å². The first-order valence-electron chi connectivity index (χ1n) is 12.5. The number of benzene rings is 2. The standard InChI is InChI=1S/C28H31N3O5/c1-2-34-25-17-20(12-13-24(25)36-19-26(32)30-14-6-3-7-15-30)27-29-23-11-5-4-10-22(23)28(33)31(27)18-21-9-8-16-35-21/h4-5,8-13,16-17,27,29H,2-3,6-7,14-15,18-19H2,1H3/t27-/m1/s1. The summed E-state index contributed by atoms with van der Waals surface area (Å²) in [6.45, 7) is 4.19. The van der Waals surface area contributed by atoms with E-state index < -0.39 is 6.17 Å². The molecule has 8 heteroatoms. The minimum absolute atomic E-state index is 0.0120. The molecule has 0 saturated carbocycles. The van der Waals surface area contributed by atoms with Gasteiger partial charge in [-0.3, -0.25) is 9.59 Å². The molecule has 1 atom stereocenters. The quantitative estimate of drug-likeness (QED) is 0.488. The van der Waals surface area contributed by atoms with Crippen LogP contribution in [0, 0.1) is 0 Å². The van der Waals surface area contributed by atoms with Gasteiger partial charge in [-0.25, -0.2) is 0 Å². The zero-order chi connectivity index (χ0) is 24.9. The van der Waals surface area contributed by atoms with Crippen molar-refractivity contribution in [1.29, 1.82) is 0 Å². The van der Waals surface area contributed by atoms with E-state index in [0.717, 1.165) is 37.2 Å². The smallest absolute Gasteiger partial charge is 0.260 e. The molecule has 2 aromatic carbocycles. The predicted octanol–water partition coefficient (Wildman–Crippen LogP) is 4.84. The molecule has 1 aromatic heterocycles. The third-order valence-corrected chi connectivity index (χ3v) is 6.57. The number of nitrogens with zero attached hydrogens (tertiary/aromatic N) is 2. The fourth-order valence-electron chi connectivity index (χ4n) is 4.75. The highest BCUT2D eigenvalue weighted by Gasteiger charge is 2.34. The summed E-state index contributed by atoms with van der Waals surface area (Å²) in [6.07, 6.45) is 4.40. The number of hydrogen-bond acceptors (Lipinski definition) is 6. The fourth-order valence-corrected chi connectivity index (χ4v) is 4.75. The normalized spacial score (nSPS) is 17.4. The molecule has 2 amide bonds. The second-order valence-electron chi connectivity index (χ2n) is 8.97. The Kier molecular flexibility index (Phi) is 7.11. The molecule has 0 bridgehead atoms. The number of ether oxygens (including phenoxy) is 2. The molecular formula is C28H31N3O5. The highest BCUT2D eigenvalue weighted by molar-refractivity contribution is 6.01. The van der Waals surface area contributed by atoms with Gasteiger partial charge in [0.05, 0.1) is 25.0 Å². The Morgan fingerprint density at radius 1 is 1.03 bits per heavy atom. The van der Waals surface area contributed by atoms with Gasteiger partial charge < -0.3 is 29.0 Å². The van der Waals surface area contributed by atoms with Gasteiger partial charge in [0.15, 0.2) is 18.1 Å². The van der Waals surface area contributed by atoms with Gasteiger partial charge in [-0.1, -0.05) is 18.2 Å². The van der Waals surface area contributed by atoms with E-state index in [1.165, 1.54) is 6.42 Å². The maximum absolute atomic E-state index is 13.5. The molecule has 0 aliphatic carbocycles. The number of fused-ring (bicyclic) bond motifs is 1. The highest BCUT2D eigenvalue weighted by Crippen LogP contribution is 2.38. The molecule has 1 saturated heterocycles. The van der Waals surface area contributed by atoms with E-state index in [1.54, 1.807) is 11.2 Å². The lowest BCUT2D eigenvalue weighted by Crippen LogP contribution is -2.42. The van der Waals surface area contributed by atoms with Gasteiger partial charge in [-0.15, -0.1) is 0 Å². The zero-order valence-electron chi connectivity index (χ0n) is 20.4. The van der Waals surface area contributed by atoms with E-state index >= 15 is 0 Å². The minimum Gasteiger partial charge on any atom is -0.490 e. The molecule has 1 N–H and O–H groups in total. The van der Waals surface area contributed by atoms with Crippen LogP contribution in [0.25, 0.3) is 0 Å². The summed E-state index contributed by atoms with van der Waals surface area (Å²) >= 11 is 0. The maximum Gasteiger partial charge on any atom is 0.260 e. The van der Waals surface area contributed by atoms with Crippen LogP contribution in [0.2, 0.25) is 0 Å². The predicted molar refractivity (Wildman–Crippen MR) is 135 cm³/mol. The number of rotatable bonds is 8. The molecule has 2 aliphatic rings. The highest BCUT2D eigenvalue weighted by atomic mass is 16.5. The van der Waals surface area contributed by atoms with Gasteiger partial charge in [0.2, 0.25) is 0 Å². The number of para-hydroxylation sites is 1. The summed E-state index contributed by atoms with van der Waals surface area (Å²) in [4.78, 5) is 29.7. The first-order chi connectivity index (χ1) is 17.6. The minimum atomic E-state index is -0.444. The lowest BCUT2D eigenvalue weighted by Gasteiger charge is -2.38. The molecule has 36 heavy (non-hydrogen) atoms. The van der Waals surface area contributed by atoms with Crippen molar-refractivity contribution in [3.05, 3.63) is 77.7 Å². The maximum atomic E-state index is 13.5. The van der Waals surface area contributed by atoms with E-state index in [4.69, 9.17) is 13.9 Å². The zero-order valence-corrected chi connectivity index (χ0v) is 20.4. The molecular weight excluding hydrogens is 458 g/mol. The van der Waals surface area contributed by atoms with Crippen LogP contribution in [-0.4, -0.2) is 47.9 Å². The topological polar surface area (TPSA) is 84.2 Å². The van der Waals surface area contributed by atoms with Crippen LogP contribution in [0.15, 0.2) is 65.3 Å². The Bertz CT molecular complexity index is 1200. The molecule has 1 fully saturated rings. The third-order valence-electron chi connectivity index (χ3n) is 6.57. The van der Waals surface area contributed by atoms with Crippen molar-refractivity contribution in [3.63, 3.8) is 0 Å². The van der Waals surface area contributed by atoms with Gasteiger partial charge in [-0.05, 0) is 68.1 Å². The summed E-state index contributed by atoms with van der Waals surface area (Å²) in [6, 6.07) is 16.7. The van der Waals surface area contributed by atoms with E-state index in [9.17, 15) is 9.59 Å². The molecule has 3 aromatic rings. The van der Waals surface area contributed by atoms with Crippen LogP contribution in [0.1, 0.15) is 54.0 Å². The molecule has 0 radical (unpaired) electrons. The second kappa shape index (κ2) is 10.8. The average molecular weight is 490 g/mol. The van der Waals surface area contributed by atoms with Crippen molar-refractivity contribution in [2.24, 2.45) is 0 Å². The van der Waals surface area contributed by atoms with Crippen LogP contribution in [-0.2, 0) is 11.3 Å². The van der Waals surface area contributed by atoms with Crippen molar-refractivity contribution in [1.82, 2.24) is 9.80 Å². The van der Waals surface area contributed by atoms with Crippen molar-refractivity contribution < 1.29 is 23.5 Å². The van der Waals surface area contributed by atoms with Crippen molar-refractivity contribution >= 4 is 17.5 Å². The Hall–Kier alpha value is -3.94. The SMILES string of the molecule is CCOc1cc([C@@H]2Nc3ccccc3C(=O)N2Cc2ccco2)ccc1OCC(=O)N1CCCCC1. The van der Waals surface area contributed by atoms with Crippen LogP contribution in [0.3, 0.4) is 0 Å². The molecule has 0 spiro atoms. The number of furan rings is 1. The molecule has 188 valence electrons. The Morgan fingerprint density at radius 3 is 2.64 bits per heavy atom. The number of piperidine rings is 1. The Balaban J connectivity index is 1.40. The van der Waals surface area contributed by atoms with Crippen LogP contribution in [0.4, 0.5) is 5.69 Å². The molecule has 3 heterocycles. The molecule has 8 nitrogen and oxygen atoms in total. The first-order valence-corrected chi connectivity index (χ1v) is 12.5. The summed E-state index contributed by atoms with van der Waals surface area (Å²) < 4.78 is 17.3. The van der Waals surface area contributed by atoms with Crippen LogP contribution >= 0.6 is 0 Å². The van der Waals surface area contributed by atoms with E-state index in [2.05, 4.69) is 5.32 Å². The monoisotopic (exact) mass is 489 g/mol. The van der Waals surface area contributed by atoms with Crippen LogP contribution in [0.5, 0.6) is 11.5 Å². The lowest BCUT2D eigenvalue weighted by molar-refractivity contribution is -0.134. The lowest BCUT2D eigenvalue weighted by atomic mass is 10.0. The van der Waals surface area contributed by atoms with E-state index in [-0.39, 0.29) is 18.4 Å². The third kappa shape index (κ3) is 5.03. The van der Waals surface area contributed by atoms with Crippen molar-refractivity contribution in [2.45, 2.75) is 38.9 Å². The fraction of sp³-hybridized carbons (Fsp3) is 0.357. The van der Waals surface area contributed by atoms with Gasteiger partial charge >= 0.3 is 0 Å². The second-order valence-corrected chi connectivity index (χ2v) is 8.97.